The second-order valence-electron chi connectivity index (χ2n) is 9.70. The largest absolute Gasteiger partial charge is 0.486 e. The summed E-state index contributed by atoms with van der Waals surface area (Å²) in [5.41, 5.74) is 4.21. The molecule has 0 spiro atoms. The highest BCUT2D eigenvalue weighted by molar-refractivity contribution is 7.97. The molecule has 2 aromatic carbocycles. The smallest absolute Gasteiger partial charge is 0.244 e. The third kappa shape index (κ3) is 4.79. The van der Waals surface area contributed by atoms with Crippen molar-refractivity contribution >= 4 is 15.9 Å². The molecule has 8 nitrogen and oxygen atoms in total. The minimum Gasteiger partial charge on any atom is -0.486 e. The monoisotopic (exact) mass is 505 g/mol. The molecular weight excluding hydrogens is 476 g/mol. The molecule has 6 rings (SSSR count). The van der Waals surface area contributed by atoms with Gasteiger partial charge in [0.1, 0.15) is 17.6 Å². The average Bonchev–Trinajstić information content (AvgIpc) is 3.49. The lowest BCUT2D eigenvalue weighted by Gasteiger charge is -2.30. The SMILES string of the molecule is C[S+](=O)(O)c1cccc(-c2cnn3cc(-c4ccc(OC5(CN6CCOCC6)CC5)cc4)cnc23)c1. The van der Waals surface area contributed by atoms with Crippen LogP contribution in [0.4, 0.5) is 0 Å². The molecule has 0 amide bonds. The highest BCUT2D eigenvalue weighted by Gasteiger charge is 2.46. The topological polar surface area (TPSA) is 89.2 Å². The first-order valence-electron chi connectivity index (χ1n) is 12.1. The summed E-state index contributed by atoms with van der Waals surface area (Å²) < 4.78 is 35.6. The molecule has 1 saturated carbocycles. The zero-order chi connectivity index (χ0) is 24.8. The Hall–Kier alpha value is -3.11. The van der Waals surface area contributed by atoms with Crippen LogP contribution in [0.2, 0.25) is 0 Å². The number of ether oxygens (including phenoxy) is 2. The number of benzene rings is 2. The van der Waals surface area contributed by atoms with E-state index in [0.29, 0.717) is 10.5 Å². The normalized spacial score (nSPS) is 19.2. The van der Waals surface area contributed by atoms with E-state index in [2.05, 4.69) is 27.1 Å². The van der Waals surface area contributed by atoms with E-state index in [1.807, 2.05) is 30.6 Å². The lowest BCUT2D eigenvalue weighted by Crippen LogP contribution is -2.43. The van der Waals surface area contributed by atoms with Crippen LogP contribution in [0.25, 0.3) is 27.9 Å². The Morgan fingerprint density at radius 3 is 2.56 bits per heavy atom. The van der Waals surface area contributed by atoms with Gasteiger partial charge in [0.05, 0.1) is 19.4 Å². The Bertz CT molecular complexity index is 1440. The van der Waals surface area contributed by atoms with Gasteiger partial charge in [-0.05, 0) is 42.2 Å². The van der Waals surface area contributed by atoms with Crippen molar-refractivity contribution in [2.45, 2.75) is 23.3 Å². The first kappa shape index (κ1) is 23.3. The first-order valence-corrected chi connectivity index (χ1v) is 14.1. The molecule has 0 radical (unpaired) electrons. The molecule has 1 aliphatic heterocycles. The molecule has 2 fully saturated rings. The number of aromatic nitrogens is 3. The Labute approximate surface area is 211 Å². The summed E-state index contributed by atoms with van der Waals surface area (Å²) in [6.07, 6.45) is 9.01. The van der Waals surface area contributed by atoms with Crippen LogP contribution in [0.1, 0.15) is 12.8 Å². The van der Waals surface area contributed by atoms with Gasteiger partial charge in [-0.3, -0.25) is 4.90 Å². The van der Waals surface area contributed by atoms with E-state index in [4.69, 9.17) is 9.47 Å². The molecule has 3 heterocycles. The molecule has 0 bridgehead atoms. The standard InChI is InChI=1S/C27H28N4O4S/c1-36(32,33)24-4-2-3-21(15-24)25-17-29-31-18-22(16-28-26(25)31)20-5-7-23(8-6-20)35-27(9-10-27)19-30-11-13-34-14-12-30/h2-8,15-18H,9-14,19H2,1H3/p+1. The molecule has 1 unspecified atom stereocenters. The number of morpholine rings is 1. The summed E-state index contributed by atoms with van der Waals surface area (Å²) in [4.78, 5) is 7.48. The maximum absolute atomic E-state index is 12.1. The van der Waals surface area contributed by atoms with Gasteiger partial charge in [-0.15, -0.1) is 0 Å². The van der Waals surface area contributed by atoms with Crippen LogP contribution in [-0.4, -0.2) is 68.8 Å². The number of nitrogens with zero attached hydrogens (tertiary/aromatic N) is 4. The molecule has 1 aliphatic carbocycles. The van der Waals surface area contributed by atoms with Crippen LogP contribution < -0.4 is 4.74 Å². The summed E-state index contributed by atoms with van der Waals surface area (Å²) in [6.45, 7) is 4.50. The van der Waals surface area contributed by atoms with Crippen molar-refractivity contribution in [2.24, 2.45) is 0 Å². The Morgan fingerprint density at radius 2 is 1.83 bits per heavy atom. The van der Waals surface area contributed by atoms with Crippen molar-refractivity contribution in [3.63, 3.8) is 0 Å². The van der Waals surface area contributed by atoms with Crippen molar-refractivity contribution in [3.05, 3.63) is 67.1 Å². The summed E-state index contributed by atoms with van der Waals surface area (Å²) in [6, 6.07) is 15.2. The van der Waals surface area contributed by atoms with Gasteiger partial charge in [0.15, 0.2) is 10.5 Å². The third-order valence-corrected chi connectivity index (χ3v) is 8.01. The molecule has 9 heteroatoms. The van der Waals surface area contributed by atoms with Crippen molar-refractivity contribution < 1.29 is 18.2 Å². The minimum atomic E-state index is -3.05. The highest BCUT2D eigenvalue weighted by Crippen LogP contribution is 2.41. The maximum atomic E-state index is 12.1. The fourth-order valence-corrected chi connectivity index (χ4v) is 5.37. The first-order chi connectivity index (χ1) is 17.4. The van der Waals surface area contributed by atoms with E-state index in [1.54, 1.807) is 28.9 Å². The molecular formula is C27H29N4O4S+. The van der Waals surface area contributed by atoms with E-state index in [-0.39, 0.29) is 5.60 Å². The van der Waals surface area contributed by atoms with E-state index in [9.17, 15) is 8.76 Å². The Morgan fingerprint density at radius 1 is 1.06 bits per heavy atom. The summed E-state index contributed by atoms with van der Waals surface area (Å²) in [5, 5.41) is 4.48. The van der Waals surface area contributed by atoms with E-state index in [0.717, 1.165) is 73.7 Å². The second-order valence-corrected chi connectivity index (χ2v) is 11.8. The van der Waals surface area contributed by atoms with Crippen LogP contribution in [0.15, 0.2) is 72.0 Å². The molecule has 1 saturated heterocycles. The van der Waals surface area contributed by atoms with Crippen molar-refractivity contribution in [2.75, 3.05) is 39.1 Å². The van der Waals surface area contributed by atoms with Crippen molar-refractivity contribution in [1.29, 1.82) is 0 Å². The van der Waals surface area contributed by atoms with Crippen LogP contribution >= 0.6 is 0 Å². The van der Waals surface area contributed by atoms with Gasteiger partial charge in [0.25, 0.3) is 0 Å². The van der Waals surface area contributed by atoms with Crippen LogP contribution in [0, 0.1) is 0 Å². The highest BCUT2D eigenvalue weighted by atomic mass is 32.3. The quantitative estimate of drug-likeness (QED) is 0.375. The summed E-state index contributed by atoms with van der Waals surface area (Å²) in [7, 11) is -3.05. The maximum Gasteiger partial charge on any atom is 0.244 e. The van der Waals surface area contributed by atoms with Crippen molar-refractivity contribution in [1.82, 2.24) is 19.5 Å². The van der Waals surface area contributed by atoms with Gasteiger partial charge in [-0.1, -0.05) is 28.5 Å². The lowest BCUT2D eigenvalue weighted by molar-refractivity contribution is 0.0140. The van der Waals surface area contributed by atoms with Crippen LogP contribution in [0.3, 0.4) is 0 Å². The fourth-order valence-electron chi connectivity index (χ4n) is 4.69. The van der Waals surface area contributed by atoms with Gasteiger partial charge in [0, 0.05) is 49.2 Å². The van der Waals surface area contributed by atoms with Gasteiger partial charge in [0.2, 0.25) is 10.2 Å². The van der Waals surface area contributed by atoms with Crippen molar-refractivity contribution in [3.8, 4) is 28.0 Å². The molecule has 1 N–H and O–H groups in total. The number of hydrogen-bond acceptors (Lipinski definition) is 6. The fraction of sp³-hybridized carbons (Fsp3) is 0.333. The molecule has 1 atom stereocenters. The van der Waals surface area contributed by atoms with E-state index in [1.165, 1.54) is 6.26 Å². The molecule has 186 valence electrons. The third-order valence-electron chi connectivity index (χ3n) is 6.88. The minimum absolute atomic E-state index is 0.0663. The Kier molecular flexibility index (Phi) is 5.88. The summed E-state index contributed by atoms with van der Waals surface area (Å²) in [5.74, 6) is 0.885. The van der Waals surface area contributed by atoms with E-state index < -0.39 is 10.2 Å². The van der Waals surface area contributed by atoms with Crippen LogP contribution in [0.5, 0.6) is 5.75 Å². The summed E-state index contributed by atoms with van der Waals surface area (Å²) >= 11 is 0. The zero-order valence-electron chi connectivity index (χ0n) is 20.2. The van der Waals surface area contributed by atoms with Gasteiger partial charge >= 0.3 is 0 Å². The van der Waals surface area contributed by atoms with Gasteiger partial charge < -0.3 is 9.47 Å². The lowest BCUT2D eigenvalue weighted by atomic mass is 10.1. The number of hydrogen-bond donors (Lipinski definition) is 1. The van der Waals surface area contributed by atoms with Crippen LogP contribution in [-0.2, 0) is 19.2 Å². The van der Waals surface area contributed by atoms with Gasteiger partial charge in [-0.25, -0.2) is 9.50 Å². The number of fused-ring (bicyclic) bond motifs is 1. The Balaban J connectivity index is 1.19. The molecule has 4 aromatic rings. The van der Waals surface area contributed by atoms with Gasteiger partial charge in [-0.2, -0.15) is 9.65 Å². The molecule has 2 aromatic heterocycles. The number of rotatable bonds is 7. The second kappa shape index (κ2) is 9.08. The molecule has 36 heavy (non-hydrogen) atoms. The zero-order valence-corrected chi connectivity index (χ0v) is 21.0. The molecule has 2 aliphatic rings. The predicted molar refractivity (Wildman–Crippen MR) is 139 cm³/mol. The predicted octanol–water partition coefficient (Wildman–Crippen LogP) is 4.27. The van der Waals surface area contributed by atoms with E-state index >= 15 is 0 Å². The average molecular weight is 506 g/mol.